The van der Waals surface area contributed by atoms with E-state index in [1.807, 2.05) is 4.90 Å². The number of carbonyl (C=O) groups excluding carboxylic acids is 3. The highest BCUT2D eigenvalue weighted by Gasteiger charge is 2.36. The number of piperidine rings is 1. The molecule has 2 amide bonds. The minimum atomic E-state index is -4.66. The van der Waals surface area contributed by atoms with Crippen LogP contribution in [0.25, 0.3) is 0 Å². The van der Waals surface area contributed by atoms with E-state index in [0.717, 1.165) is 11.0 Å². The van der Waals surface area contributed by atoms with Gasteiger partial charge in [-0.2, -0.15) is 13.2 Å². The van der Waals surface area contributed by atoms with Crippen molar-refractivity contribution < 1.29 is 51.7 Å². The molecule has 48 heavy (non-hydrogen) atoms. The molecule has 0 atom stereocenters. The fourth-order valence-electron chi connectivity index (χ4n) is 4.99. The summed E-state index contributed by atoms with van der Waals surface area (Å²) in [6.45, 7) is 2.71. The molecule has 3 aromatic carbocycles. The second-order valence-corrected chi connectivity index (χ2v) is 10.7. The molecule has 0 aromatic heterocycles. The summed E-state index contributed by atoms with van der Waals surface area (Å²) in [4.78, 5) is 59.9. The highest BCUT2D eigenvalue weighted by Crippen LogP contribution is 2.37. The van der Waals surface area contributed by atoms with Crippen molar-refractivity contribution in [2.45, 2.75) is 25.9 Å². The summed E-state index contributed by atoms with van der Waals surface area (Å²) < 4.78 is 54.9. The van der Waals surface area contributed by atoms with Crippen LogP contribution in [0.15, 0.2) is 84.9 Å². The van der Waals surface area contributed by atoms with E-state index in [4.69, 9.17) is 10.2 Å². The predicted octanol–water partition coefficient (Wildman–Crippen LogP) is 5.76. The molecule has 14 heteroatoms. The third-order valence-corrected chi connectivity index (χ3v) is 7.29. The number of nitrogens with one attached hydrogen (secondary N) is 1. The Kier molecular flexibility index (Phi) is 13.1. The zero-order valence-electron chi connectivity index (χ0n) is 25.7. The van der Waals surface area contributed by atoms with E-state index in [1.165, 1.54) is 73.7 Å². The van der Waals surface area contributed by atoms with Crippen LogP contribution in [0.3, 0.4) is 0 Å². The predicted molar refractivity (Wildman–Crippen MR) is 168 cm³/mol. The highest BCUT2D eigenvalue weighted by atomic mass is 19.4. The van der Waals surface area contributed by atoms with Crippen molar-refractivity contribution in [3.8, 4) is 0 Å². The van der Waals surface area contributed by atoms with E-state index in [1.54, 1.807) is 0 Å². The molecule has 0 saturated carbocycles. The number of anilines is 2. The van der Waals surface area contributed by atoms with E-state index in [0.29, 0.717) is 55.9 Å². The van der Waals surface area contributed by atoms with E-state index in [2.05, 4.69) is 5.32 Å². The number of para-hydroxylation sites is 1. The maximum absolute atomic E-state index is 13.9. The lowest BCUT2D eigenvalue weighted by molar-refractivity contribution is -0.137. The fraction of sp³-hybridized carbons (Fsp3) is 0.265. The topological polar surface area (TPSA) is 144 Å². The second-order valence-electron chi connectivity index (χ2n) is 10.7. The lowest BCUT2D eigenvalue weighted by atomic mass is 9.89. The lowest BCUT2D eigenvalue weighted by Gasteiger charge is -2.33. The van der Waals surface area contributed by atoms with Gasteiger partial charge in [-0.25, -0.2) is 14.0 Å². The summed E-state index contributed by atoms with van der Waals surface area (Å²) in [6, 6.07) is 16.4. The zero-order valence-corrected chi connectivity index (χ0v) is 25.7. The number of aliphatic carboxylic acids is 2. The van der Waals surface area contributed by atoms with Crippen molar-refractivity contribution in [3.05, 3.63) is 107 Å². The van der Waals surface area contributed by atoms with Crippen LogP contribution in [0.2, 0.25) is 0 Å². The first-order valence-electron chi connectivity index (χ1n) is 14.7. The van der Waals surface area contributed by atoms with Crippen LogP contribution in [-0.2, 0) is 20.6 Å². The van der Waals surface area contributed by atoms with Crippen LogP contribution in [0.5, 0.6) is 0 Å². The zero-order chi connectivity index (χ0) is 35.4. The molecule has 1 aliphatic rings. The minimum absolute atomic E-state index is 0.00402. The van der Waals surface area contributed by atoms with Gasteiger partial charge in [0.25, 0.3) is 5.91 Å². The van der Waals surface area contributed by atoms with Gasteiger partial charge in [-0.1, -0.05) is 12.1 Å². The summed E-state index contributed by atoms with van der Waals surface area (Å²) in [5.41, 5.74) is -0.0712. The van der Waals surface area contributed by atoms with E-state index in [9.17, 15) is 41.5 Å². The Hall–Kier alpha value is -5.37. The average Bonchev–Trinajstić information content (AvgIpc) is 3.04. The number of rotatable bonds is 10. The third kappa shape index (κ3) is 11.2. The number of nitrogens with zero attached hydrogens (tertiary/aromatic N) is 2. The van der Waals surface area contributed by atoms with Gasteiger partial charge < -0.3 is 25.3 Å². The summed E-state index contributed by atoms with van der Waals surface area (Å²) >= 11 is 0. The molecular formula is C34H33F4N3O7. The summed E-state index contributed by atoms with van der Waals surface area (Å²) in [7, 11) is 0. The van der Waals surface area contributed by atoms with Gasteiger partial charge in [0.1, 0.15) is 5.82 Å². The first-order chi connectivity index (χ1) is 22.6. The van der Waals surface area contributed by atoms with E-state index in [-0.39, 0.29) is 35.4 Å². The number of carboxylic acid groups (broad SMARTS) is 2. The Morgan fingerprint density at radius 3 is 1.92 bits per heavy atom. The molecule has 0 aliphatic carbocycles. The van der Waals surface area contributed by atoms with Gasteiger partial charge in [-0.15, -0.1) is 0 Å². The monoisotopic (exact) mass is 671 g/mol. The number of likely N-dealkylation sites (tertiary alicyclic amines) is 1. The van der Waals surface area contributed by atoms with Crippen LogP contribution in [0, 0.1) is 11.7 Å². The van der Waals surface area contributed by atoms with Gasteiger partial charge in [0.05, 0.1) is 11.3 Å². The normalized spacial score (nSPS) is 13.7. The molecule has 0 spiro atoms. The van der Waals surface area contributed by atoms with Gasteiger partial charge in [-0.3, -0.25) is 14.4 Å². The van der Waals surface area contributed by atoms with Crippen LogP contribution in [0.4, 0.5) is 28.9 Å². The summed E-state index contributed by atoms with van der Waals surface area (Å²) in [5.74, 6) is -4.11. The Bertz CT molecular complexity index is 1620. The van der Waals surface area contributed by atoms with Crippen molar-refractivity contribution >= 4 is 40.9 Å². The molecular weight excluding hydrogens is 638 g/mol. The van der Waals surface area contributed by atoms with Crippen molar-refractivity contribution in [1.82, 2.24) is 4.90 Å². The number of hydrogen-bond acceptors (Lipinski definition) is 6. The van der Waals surface area contributed by atoms with Gasteiger partial charge in [0.15, 0.2) is 5.78 Å². The first-order valence-corrected chi connectivity index (χ1v) is 14.7. The maximum atomic E-state index is 13.9. The number of amides is 2. The maximum Gasteiger partial charge on any atom is 0.418 e. The van der Waals surface area contributed by atoms with E-state index >= 15 is 0 Å². The van der Waals surface area contributed by atoms with Crippen molar-refractivity contribution in [2.24, 2.45) is 5.92 Å². The van der Waals surface area contributed by atoms with Crippen molar-refractivity contribution in [2.75, 3.05) is 36.4 Å². The second kappa shape index (κ2) is 17.0. The minimum Gasteiger partial charge on any atom is -0.478 e. The van der Waals surface area contributed by atoms with Gasteiger partial charge in [0.2, 0.25) is 5.91 Å². The number of hydrogen-bond donors (Lipinski definition) is 3. The third-order valence-electron chi connectivity index (χ3n) is 7.29. The molecule has 0 radical (unpaired) electrons. The number of carbonyl (C=O) groups is 5. The van der Waals surface area contributed by atoms with E-state index < -0.39 is 35.4 Å². The number of ketones is 1. The lowest BCUT2D eigenvalue weighted by Crippen LogP contribution is -2.43. The van der Waals surface area contributed by atoms with Crippen molar-refractivity contribution in [3.63, 3.8) is 0 Å². The largest absolute Gasteiger partial charge is 0.478 e. The molecule has 0 bridgehead atoms. The first kappa shape index (κ1) is 37.1. The Labute approximate surface area is 273 Å². The smallest absolute Gasteiger partial charge is 0.418 e. The average molecular weight is 672 g/mol. The molecule has 3 aromatic rings. The Morgan fingerprint density at radius 2 is 1.40 bits per heavy atom. The molecule has 0 unspecified atom stereocenters. The number of carboxylic acids is 2. The number of Topliss-reactive ketones (excluding diaryl/α,β-unsaturated/α-hetero) is 1. The molecule has 254 valence electrons. The quantitative estimate of drug-likeness (QED) is 0.140. The van der Waals surface area contributed by atoms with Crippen LogP contribution in [0.1, 0.15) is 46.0 Å². The highest BCUT2D eigenvalue weighted by molar-refractivity contribution is 6.07. The molecule has 1 saturated heterocycles. The van der Waals surface area contributed by atoms with Gasteiger partial charge >= 0.3 is 18.1 Å². The van der Waals surface area contributed by atoms with Crippen LogP contribution in [-0.4, -0.2) is 70.8 Å². The van der Waals surface area contributed by atoms with Gasteiger partial charge in [-0.05, 0) is 86.6 Å². The summed E-state index contributed by atoms with van der Waals surface area (Å²) in [6.07, 6.45) is -2.45. The molecule has 4 rings (SSSR count). The number of benzene rings is 3. The number of alkyl halides is 3. The fourth-order valence-corrected chi connectivity index (χ4v) is 4.99. The van der Waals surface area contributed by atoms with Crippen molar-refractivity contribution in [1.29, 1.82) is 0 Å². The molecule has 1 aliphatic heterocycles. The van der Waals surface area contributed by atoms with Crippen LogP contribution < -0.4 is 10.2 Å². The summed E-state index contributed by atoms with van der Waals surface area (Å²) in [5, 5.41) is 18.2. The number of halogens is 4. The molecule has 10 nitrogen and oxygen atoms in total. The molecule has 1 fully saturated rings. The Balaban J connectivity index is 0.000000694. The SMILES string of the molecule is CC(=O)Nc1ccc(C(=O)N(CCN2CCC(C(=O)c3ccc(F)cc3)CC2)c2ccccc2C(F)(F)F)cc1.O=C(O)C=CC(=O)O. The molecule has 3 N–H and O–H groups in total. The van der Waals surface area contributed by atoms with Crippen LogP contribution >= 0.6 is 0 Å². The molecule has 1 heterocycles. The van der Waals surface area contributed by atoms with Gasteiger partial charge in [0, 0.05) is 54.9 Å². The Morgan fingerprint density at radius 1 is 0.854 bits per heavy atom. The standard InChI is InChI=1S/C30H29F4N3O3.C4H4O4/c1-20(38)35-25-12-8-23(9-13-25)29(40)37(27-5-3-2-4-26(27)30(32,33)34)19-18-36-16-14-22(15-17-36)28(39)21-6-10-24(31)11-7-21;5-3(6)1-2-4(7)8/h2-13,22H,14-19H2,1H3,(H,35,38);1-2H,(H,5,6)(H,7,8).